The van der Waals surface area contributed by atoms with E-state index < -0.39 is 0 Å². The number of anilines is 1. The molecule has 2 aromatic carbocycles. The zero-order valence-corrected chi connectivity index (χ0v) is 15.8. The molecule has 2 heterocycles. The number of hydrogen-bond donors (Lipinski definition) is 1. The highest BCUT2D eigenvalue weighted by molar-refractivity contribution is 6.05. The molecule has 2 aliphatic heterocycles. The first-order valence-corrected chi connectivity index (χ1v) is 9.81. The van der Waals surface area contributed by atoms with Gasteiger partial charge in [-0.05, 0) is 49.2 Å². The number of ether oxygens (including phenoxy) is 2. The summed E-state index contributed by atoms with van der Waals surface area (Å²) < 4.78 is 11.0. The number of likely N-dealkylation sites (tertiary alicyclic amines) is 1. The smallest absolute Gasteiger partial charge is 0.255 e. The third-order valence-electron chi connectivity index (χ3n) is 5.09. The predicted octanol–water partition coefficient (Wildman–Crippen LogP) is 3.73. The van der Waals surface area contributed by atoms with Gasteiger partial charge in [0.05, 0.1) is 0 Å². The zero-order valence-electron chi connectivity index (χ0n) is 15.8. The number of nitrogens with zero attached hydrogens (tertiary/aromatic N) is 1. The van der Waals surface area contributed by atoms with Crippen LogP contribution in [0.5, 0.6) is 11.5 Å². The highest BCUT2D eigenvalue weighted by Crippen LogP contribution is 2.32. The maximum absolute atomic E-state index is 12.7. The number of amides is 2. The van der Waals surface area contributed by atoms with Crippen LogP contribution in [0.15, 0.2) is 42.5 Å². The van der Waals surface area contributed by atoms with Crippen molar-refractivity contribution < 1.29 is 19.1 Å². The molecule has 0 saturated carbocycles. The Morgan fingerprint density at radius 3 is 2.14 bits per heavy atom. The summed E-state index contributed by atoms with van der Waals surface area (Å²) in [6, 6.07) is 12.2. The Kier molecular flexibility index (Phi) is 5.46. The van der Waals surface area contributed by atoms with Crippen LogP contribution in [0.2, 0.25) is 0 Å². The molecule has 0 aromatic heterocycles. The van der Waals surface area contributed by atoms with E-state index in [1.54, 1.807) is 42.5 Å². The molecule has 28 heavy (non-hydrogen) atoms. The fourth-order valence-corrected chi connectivity index (χ4v) is 3.54. The Labute approximate surface area is 164 Å². The summed E-state index contributed by atoms with van der Waals surface area (Å²) in [4.78, 5) is 27.1. The second-order valence-corrected chi connectivity index (χ2v) is 7.10. The molecule has 146 valence electrons. The number of fused-ring (bicyclic) bond motifs is 1. The summed E-state index contributed by atoms with van der Waals surface area (Å²) >= 11 is 0. The highest BCUT2D eigenvalue weighted by atomic mass is 16.6. The molecule has 4 rings (SSSR count). The highest BCUT2D eigenvalue weighted by Gasteiger charge is 2.18. The lowest BCUT2D eigenvalue weighted by Gasteiger charge is -2.20. The van der Waals surface area contributed by atoms with Crippen molar-refractivity contribution >= 4 is 17.5 Å². The van der Waals surface area contributed by atoms with E-state index in [0.717, 1.165) is 25.9 Å². The predicted molar refractivity (Wildman–Crippen MR) is 106 cm³/mol. The minimum Gasteiger partial charge on any atom is -0.486 e. The number of carbonyl (C=O) groups excluding carboxylic acids is 2. The summed E-state index contributed by atoms with van der Waals surface area (Å²) in [6.07, 6.45) is 4.48. The quantitative estimate of drug-likeness (QED) is 0.881. The van der Waals surface area contributed by atoms with Crippen molar-refractivity contribution in [3.8, 4) is 11.5 Å². The van der Waals surface area contributed by atoms with Crippen LogP contribution in [0.4, 0.5) is 5.69 Å². The van der Waals surface area contributed by atoms with Crippen molar-refractivity contribution in [1.29, 1.82) is 0 Å². The Balaban J connectivity index is 1.42. The summed E-state index contributed by atoms with van der Waals surface area (Å²) in [7, 11) is 0. The Bertz CT molecular complexity index is 855. The van der Waals surface area contributed by atoms with Crippen LogP contribution >= 0.6 is 0 Å². The normalized spacial score (nSPS) is 16.2. The van der Waals surface area contributed by atoms with Crippen LogP contribution in [0.25, 0.3) is 0 Å². The fourth-order valence-electron chi connectivity index (χ4n) is 3.54. The maximum atomic E-state index is 12.7. The van der Waals surface area contributed by atoms with Crippen LogP contribution in [0, 0.1) is 0 Å². The standard InChI is InChI=1S/C22H24N2O4/c25-21(23-18-9-10-19-20(15-18)28-14-13-27-19)16-5-7-17(8-6-16)22(26)24-11-3-1-2-4-12-24/h5-10,15H,1-4,11-14H2,(H,23,25). The van der Waals surface area contributed by atoms with Gasteiger partial charge in [0, 0.05) is 36.0 Å². The van der Waals surface area contributed by atoms with Crippen molar-refractivity contribution in [2.75, 3.05) is 31.6 Å². The molecule has 6 nitrogen and oxygen atoms in total. The molecule has 6 heteroatoms. The van der Waals surface area contributed by atoms with Gasteiger partial charge >= 0.3 is 0 Å². The lowest BCUT2D eigenvalue weighted by Crippen LogP contribution is -2.31. The van der Waals surface area contributed by atoms with Gasteiger partial charge in [-0.15, -0.1) is 0 Å². The van der Waals surface area contributed by atoms with E-state index in [1.165, 1.54) is 12.8 Å². The van der Waals surface area contributed by atoms with E-state index in [9.17, 15) is 9.59 Å². The van der Waals surface area contributed by atoms with Gasteiger partial charge in [0.2, 0.25) is 0 Å². The summed E-state index contributed by atoms with van der Waals surface area (Å²) in [5.74, 6) is 1.12. The molecular weight excluding hydrogens is 356 g/mol. The average Bonchev–Trinajstić information content (AvgIpc) is 3.03. The SMILES string of the molecule is O=C(Nc1ccc2c(c1)OCCO2)c1ccc(C(=O)N2CCCCCC2)cc1. The van der Waals surface area contributed by atoms with E-state index in [2.05, 4.69) is 5.32 Å². The second kappa shape index (κ2) is 8.33. The molecule has 0 atom stereocenters. The van der Waals surface area contributed by atoms with E-state index in [4.69, 9.17) is 9.47 Å². The van der Waals surface area contributed by atoms with Crippen molar-refractivity contribution in [2.45, 2.75) is 25.7 Å². The van der Waals surface area contributed by atoms with Gasteiger partial charge in [-0.1, -0.05) is 12.8 Å². The van der Waals surface area contributed by atoms with Crippen molar-refractivity contribution in [3.63, 3.8) is 0 Å². The molecule has 2 aromatic rings. The monoisotopic (exact) mass is 380 g/mol. The minimum atomic E-state index is -0.231. The molecule has 2 amide bonds. The number of hydrogen-bond acceptors (Lipinski definition) is 4. The third kappa shape index (κ3) is 4.11. The van der Waals surface area contributed by atoms with Gasteiger partial charge in [-0.2, -0.15) is 0 Å². The Morgan fingerprint density at radius 2 is 1.43 bits per heavy atom. The first kappa shape index (κ1) is 18.3. The molecule has 0 radical (unpaired) electrons. The first-order valence-electron chi connectivity index (χ1n) is 9.81. The number of nitrogens with one attached hydrogen (secondary N) is 1. The van der Waals surface area contributed by atoms with E-state index >= 15 is 0 Å². The zero-order chi connectivity index (χ0) is 19.3. The van der Waals surface area contributed by atoms with E-state index in [-0.39, 0.29) is 11.8 Å². The van der Waals surface area contributed by atoms with Gasteiger partial charge in [-0.3, -0.25) is 9.59 Å². The maximum Gasteiger partial charge on any atom is 0.255 e. The summed E-state index contributed by atoms with van der Waals surface area (Å²) in [6.45, 7) is 2.65. The van der Waals surface area contributed by atoms with E-state index in [1.807, 2.05) is 4.90 Å². The molecule has 1 N–H and O–H groups in total. The van der Waals surface area contributed by atoms with Crippen LogP contribution in [0.1, 0.15) is 46.4 Å². The minimum absolute atomic E-state index is 0.0423. The van der Waals surface area contributed by atoms with E-state index in [0.29, 0.717) is 41.5 Å². The molecule has 0 spiro atoms. The van der Waals surface area contributed by atoms with Gasteiger partial charge < -0.3 is 19.7 Å². The Morgan fingerprint density at radius 1 is 0.786 bits per heavy atom. The van der Waals surface area contributed by atoms with Crippen molar-refractivity contribution in [1.82, 2.24) is 4.90 Å². The van der Waals surface area contributed by atoms with Gasteiger partial charge in [-0.25, -0.2) is 0 Å². The van der Waals surface area contributed by atoms with Crippen LogP contribution in [-0.4, -0.2) is 43.0 Å². The second-order valence-electron chi connectivity index (χ2n) is 7.10. The molecular formula is C22H24N2O4. The Hall–Kier alpha value is -3.02. The van der Waals surface area contributed by atoms with Crippen molar-refractivity contribution in [2.24, 2.45) is 0 Å². The lowest BCUT2D eigenvalue weighted by molar-refractivity contribution is 0.0761. The molecule has 1 saturated heterocycles. The third-order valence-corrected chi connectivity index (χ3v) is 5.09. The van der Waals surface area contributed by atoms with Crippen LogP contribution in [0.3, 0.4) is 0 Å². The number of rotatable bonds is 3. The molecule has 1 fully saturated rings. The van der Waals surface area contributed by atoms with Gasteiger partial charge in [0.15, 0.2) is 11.5 Å². The molecule has 2 aliphatic rings. The molecule has 0 aliphatic carbocycles. The first-order chi connectivity index (χ1) is 13.7. The molecule has 0 unspecified atom stereocenters. The van der Waals surface area contributed by atoms with Crippen molar-refractivity contribution in [3.05, 3.63) is 53.6 Å². The van der Waals surface area contributed by atoms with Crippen LogP contribution in [-0.2, 0) is 0 Å². The summed E-state index contributed by atoms with van der Waals surface area (Å²) in [5, 5.41) is 2.86. The molecule has 0 bridgehead atoms. The fraction of sp³-hybridized carbons (Fsp3) is 0.364. The van der Waals surface area contributed by atoms with Gasteiger partial charge in [0.1, 0.15) is 13.2 Å². The largest absolute Gasteiger partial charge is 0.486 e. The van der Waals surface area contributed by atoms with Crippen LogP contribution < -0.4 is 14.8 Å². The lowest BCUT2D eigenvalue weighted by atomic mass is 10.1. The topological polar surface area (TPSA) is 67.9 Å². The number of benzene rings is 2. The average molecular weight is 380 g/mol. The number of carbonyl (C=O) groups is 2. The van der Waals surface area contributed by atoms with Gasteiger partial charge in [0.25, 0.3) is 11.8 Å². The summed E-state index contributed by atoms with van der Waals surface area (Å²) in [5.41, 5.74) is 1.76.